The summed E-state index contributed by atoms with van der Waals surface area (Å²) in [5.74, 6) is -1.48. The molecule has 0 saturated carbocycles. The maximum Gasteiger partial charge on any atom is 0.319 e. The number of nitriles is 1. The lowest BCUT2D eigenvalue weighted by Gasteiger charge is -2.14. The molecular weight excluding hydrogens is 338 g/mol. The molecule has 21 heavy (non-hydrogen) atoms. The van der Waals surface area contributed by atoms with E-state index in [-0.39, 0.29) is 6.04 Å². The summed E-state index contributed by atoms with van der Waals surface area (Å²) in [5.41, 5.74) is 0.736. The van der Waals surface area contributed by atoms with Gasteiger partial charge in [-0.15, -0.1) is 0 Å². The van der Waals surface area contributed by atoms with Crippen LogP contribution >= 0.6 is 15.9 Å². The molecule has 2 atom stereocenters. The van der Waals surface area contributed by atoms with Crippen molar-refractivity contribution in [3.05, 3.63) is 40.4 Å². The van der Waals surface area contributed by atoms with Gasteiger partial charge in [-0.05, 0) is 24.6 Å². The van der Waals surface area contributed by atoms with Crippen LogP contribution in [0.5, 0.6) is 0 Å². The van der Waals surface area contributed by atoms with E-state index in [2.05, 4.69) is 26.6 Å². The third kappa shape index (κ3) is 3.83. The number of carbonyl (C=O) groups excluding carboxylic acids is 1. The fraction of sp³-hybridized carbons (Fsp3) is 0.214. The average molecular weight is 350 g/mol. The number of aliphatic carboxylic acids is 1. The summed E-state index contributed by atoms with van der Waals surface area (Å²) in [6, 6.07) is 6.11. The lowest BCUT2D eigenvalue weighted by Crippen LogP contribution is -2.36. The number of carboxylic acid groups (broad SMARTS) is 1. The Kier molecular flexibility index (Phi) is 4.60. The lowest BCUT2D eigenvalue weighted by molar-refractivity contribution is -0.140. The second kappa shape index (κ2) is 6.41. The minimum Gasteiger partial charge on any atom is -0.481 e. The van der Waals surface area contributed by atoms with E-state index in [1.807, 2.05) is 6.07 Å². The largest absolute Gasteiger partial charge is 0.481 e. The summed E-state index contributed by atoms with van der Waals surface area (Å²) < 4.78 is 0.739. The maximum absolute atomic E-state index is 11.9. The summed E-state index contributed by atoms with van der Waals surface area (Å²) >= 11 is 3.27. The van der Waals surface area contributed by atoms with E-state index >= 15 is 0 Å². The van der Waals surface area contributed by atoms with Gasteiger partial charge in [0.15, 0.2) is 0 Å². The third-order valence-electron chi connectivity index (χ3n) is 3.07. The molecule has 6 nitrogen and oxygen atoms in total. The highest BCUT2D eigenvalue weighted by molar-refractivity contribution is 9.10. The smallest absolute Gasteiger partial charge is 0.319 e. The predicted molar refractivity (Wildman–Crippen MR) is 79.7 cm³/mol. The molecule has 2 unspecified atom stereocenters. The Hall–Kier alpha value is -2.33. The molecule has 0 aromatic heterocycles. The first-order valence-electron chi connectivity index (χ1n) is 6.18. The highest BCUT2D eigenvalue weighted by atomic mass is 79.9. The molecule has 1 aliphatic rings. The van der Waals surface area contributed by atoms with Gasteiger partial charge in [-0.25, -0.2) is 4.79 Å². The number of urea groups is 1. The molecule has 0 heterocycles. The molecule has 7 heteroatoms. The first-order chi connectivity index (χ1) is 9.99. The number of halogens is 1. The van der Waals surface area contributed by atoms with Gasteiger partial charge in [-0.3, -0.25) is 4.79 Å². The molecule has 0 aliphatic heterocycles. The molecular formula is C14H12BrN3O3. The molecule has 1 aromatic rings. The van der Waals surface area contributed by atoms with Gasteiger partial charge in [0.05, 0.1) is 23.2 Å². The zero-order valence-electron chi connectivity index (χ0n) is 10.8. The summed E-state index contributed by atoms with van der Waals surface area (Å²) in [4.78, 5) is 22.7. The van der Waals surface area contributed by atoms with Crippen molar-refractivity contribution >= 4 is 33.6 Å². The van der Waals surface area contributed by atoms with E-state index in [0.29, 0.717) is 17.7 Å². The summed E-state index contributed by atoms with van der Waals surface area (Å²) in [6.45, 7) is 0. The van der Waals surface area contributed by atoms with Gasteiger partial charge < -0.3 is 15.7 Å². The van der Waals surface area contributed by atoms with E-state index in [4.69, 9.17) is 10.4 Å². The normalized spacial score (nSPS) is 19.8. The van der Waals surface area contributed by atoms with Crippen LogP contribution in [0.25, 0.3) is 0 Å². The van der Waals surface area contributed by atoms with Gasteiger partial charge in [-0.1, -0.05) is 28.1 Å². The van der Waals surface area contributed by atoms with Crippen LogP contribution in [0.4, 0.5) is 10.5 Å². The van der Waals surface area contributed by atoms with E-state index in [0.717, 1.165) is 4.47 Å². The van der Waals surface area contributed by atoms with Crippen LogP contribution in [0.3, 0.4) is 0 Å². The Bertz CT molecular complexity index is 651. The van der Waals surface area contributed by atoms with Gasteiger partial charge >= 0.3 is 12.0 Å². The molecule has 0 saturated heterocycles. The maximum atomic E-state index is 11.9. The highest BCUT2D eigenvalue weighted by Gasteiger charge is 2.25. The second-order valence-corrected chi connectivity index (χ2v) is 5.49. The molecule has 2 amide bonds. The topological polar surface area (TPSA) is 102 Å². The number of hydrogen-bond donors (Lipinski definition) is 3. The Labute approximate surface area is 129 Å². The standard InChI is InChI=1S/C14H12BrN3O3/c15-10-3-1-9(7-16)12(6-10)18-14(21)17-11-4-2-8(5-11)13(19)20/h1-4,6,8,11H,5H2,(H,19,20)(H2,17,18,21). The number of carboxylic acids is 1. The van der Waals surface area contributed by atoms with Crippen molar-refractivity contribution in [2.24, 2.45) is 5.92 Å². The van der Waals surface area contributed by atoms with E-state index < -0.39 is 17.9 Å². The molecule has 3 N–H and O–H groups in total. The zero-order valence-corrected chi connectivity index (χ0v) is 12.4. The summed E-state index contributed by atoms with van der Waals surface area (Å²) in [6.07, 6.45) is 3.55. The molecule has 0 fully saturated rings. The number of anilines is 1. The van der Waals surface area contributed by atoms with Gasteiger partial charge in [0.1, 0.15) is 6.07 Å². The van der Waals surface area contributed by atoms with Gasteiger partial charge in [0.2, 0.25) is 0 Å². The van der Waals surface area contributed by atoms with Crippen LogP contribution in [-0.4, -0.2) is 23.1 Å². The van der Waals surface area contributed by atoms with Crippen molar-refractivity contribution < 1.29 is 14.7 Å². The molecule has 0 spiro atoms. The van der Waals surface area contributed by atoms with Crippen molar-refractivity contribution in [2.75, 3.05) is 5.32 Å². The molecule has 1 aromatic carbocycles. The van der Waals surface area contributed by atoms with E-state index in [1.54, 1.807) is 30.4 Å². The minimum absolute atomic E-state index is 0.326. The Morgan fingerprint density at radius 3 is 2.76 bits per heavy atom. The fourth-order valence-electron chi connectivity index (χ4n) is 2.03. The number of carbonyl (C=O) groups is 2. The van der Waals surface area contributed by atoms with Crippen molar-refractivity contribution in [3.63, 3.8) is 0 Å². The number of nitrogens with zero attached hydrogens (tertiary/aromatic N) is 1. The van der Waals surface area contributed by atoms with Crippen molar-refractivity contribution in [1.29, 1.82) is 5.26 Å². The van der Waals surface area contributed by atoms with Crippen LogP contribution in [0.2, 0.25) is 0 Å². The summed E-state index contributed by atoms with van der Waals surface area (Å²) in [7, 11) is 0. The number of benzene rings is 1. The molecule has 2 rings (SSSR count). The first-order valence-corrected chi connectivity index (χ1v) is 6.97. The number of rotatable bonds is 3. The lowest BCUT2D eigenvalue weighted by atomic mass is 10.1. The highest BCUT2D eigenvalue weighted by Crippen LogP contribution is 2.21. The quantitative estimate of drug-likeness (QED) is 0.729. The SMILES string of the molecule is N#Cc1ccc(Br)cc1NC(=O)NC1C=CC(C(=O)O)C1. The second-order valence-electron chi connectivity index (χ2n) is 4.57. The Morgan fingerprint density at radius 2 is 2.14 bits per heavy atom. The van der Waals surface area contributed by atoms with E-state index in [9.17, 15) is 9.59 Å². The first kappa shape index (κ1) is 15.1. The summed E-state index contributed by atoms with van der Waals surface area (Å²) in [5, 5.41) is 23.1. The van der Waals surface area contributed by atoms with Crippen molar-refractivity contribution in [1.82, 2.24) is 5.32 Å². The van der Waals surface area contributed by atoms with Crippen molar-refractivity contribution in [2.45, 2.75) is 12.5 Å². The van der Waals surface area contributed by atoms with Crippen LogP contribution in [0, 0.1) is 17.2 Å². The molecule has 108 valence electrons. The number of nitrogens with one attached hydrogen (secondary N) is 2. The third-order valence-corrected chi connectivity index (χ3v) is 3.56. The molecule has 0 bridgehead atoms. The van der Waals surface area contributed by atoms with Crippen molar-refractivity contribution in [3.8, 4) is 6.07 Å². The Morgan fingerprint density at radius 1 is 1.38 bits per heavy atom. The minimum atomic E-state index is -0.908. The zero-order chi connectivity index (χ0) is 15.4. The van der Waals surface area contributed by atoms with Crippen LogP contribution in [-0.2, 0) is 4.79 Å². The predicted octanol–water partition coefficient (Wildman–Crippen LogP) is 2.47. The van der Waals surface area contributed by atoms with Gasteiger partial charge in [-0.2, -0.15) is 5.26 Å². The number of hydrogen-bond acceptors (Lipinski definition) is 3. The number of amides is 2. The van der Waals surface area contributed by atoms with Crippen LogP contribution in [0.15, 0.2) is 34.8 Å². The Balaban J connectivity index is 1.98. The van der Waals surface area contributed by atoms with Gasteiger partial charge in [0.25, 0.3) is 0 Å². The van der Waals surface area contributed by atoms with Crippen LogP contribution < -0.4 is 10.6 Å². The monoisotopic (exact) mass is 349 g/mol. The molecule has 0 radical (unpaired) electrons. The van der Waals surface area contributed by atoms with Crippen LogP contribution in [0.1, 0.15) is 12.0 Å². The fourth-order valence-corrected chi connectivity index (χ4v) is 2.39. The van der Waals surface area contributed by atoms with E-state index in [1.165, 1.54) is 0 Å². The van der Waals surface area contributed by atoms with Gasteiger partial charge in [0, 0.05) is 4.47 Å². The average Bonchev–Trinajstić information content (AvgIpc) is 2.87. The molecule has 1 aliphatic carbocycles.